The van der Waals surface area contributed by atoms with E-state index in [0.717, 1.165) is 22.7 Å². The van der Waals surface area contributed by atoms with Gasteiger partial charge in [0.05, 0.1) is 18.5 Å². The summed E-state index contributed by atoms with van der Waals surface area (Å²) in [6.07, 6.45) is 2.39. The second-order valence-corrected chi connectivity index (χ2v) is 7.63. The van der Waals surface area contributed by atoms with Crippen molar-refractivity contribution in [3.63, 3.8) is 0 Å². The maximum Gasteiger partial charge on any atom is 0.232 e. The van der Waals surface area contributed by atoms with Gasteiger partial charge in [0.25, 0.3) is 0 Å². The summed E-state index contributed by atoms with van der Waals surface area (Å²) in [5.41, 5.74) is 1.61. The number of halogens is 1. The molecule has 0 spiro atoms. The molecule has 7 heteroatoms. The summed E-state index contributed by atoms with van der Waals surface area (Å²) in [4.78, 5) is 11.4. The fourth-order valence-corrected chi connectivity index (χ4v) is 3.12. The average molecular weight is 377 g/mol. The van der Waals surface area contributed by atoms with Crippen LogP contribution in [0.4, 0.5) is 5.69 Å². The van der Waals surface area contributed by atoms with Gasteiger partial charge in [-0.3, -0.25) is 9.10 Å². The largest absolute Gasteiger partial charge is 0.354 e. The summed E-state index contributed by atoms with van der Waals surface area (Å²) in [5, 5.41) is 2.73. The normalized spacial score (nSPS) is 11.2. The number of benzene rings is 1. The number of carbonyl (C=O) groups excluding carboxylic acids is 1. The van der Waals surface area contributed by atoms with Crippen LogP contribution in [0.1, 0.15) is 25.3 Å². The van der Waals surface area contributed by atoms with Gasteiger partial charge < -0.3 is 5.32 Å². The minimum atomic E-state index is -3.40. The third-order valence-corrected chi connectivity index (χ3v) is 5.01. The zero-order valence-corrected chi connectivity index (χ0v) is 14.9. The Morgan fingerprint density at radius 2 is 2.05 bits per heavy atom. The first kappa shape index (κ1) is 18.0. The minimum Gasteiger partial charge on any atom is -0.354 e. The fourth-order valence-electron chi connectivity index (χ4n) is 1.84. The first-order valence-electron chi connectivity index (χ1n) is 6.76. The van der Waals surface area contributed by atoms with E-state index in [9.17, 15) is 13.2 Å². The van der Waals surface area contributed by atoms with Crippen molar-refractivity contribution in [2.24, 2.45) is 0 Å². The van der Waals surface area contributed by atoms with Crippen LogP contribution in [0.5, 0.6) is 0 Å². The van der Waals surface area contributed by atoms with E-state index in [-0.39, 0.29) is 19.0 Å². The fraction of sp³-hybridized carbons (Fsp3) is 0.500. The van der Waals surface area contributed by atoms with Crippen LogP contribution < -0.4 is 9.62 Å². The van der Waals surface area contributed by atoms with Crippen LogP contribution in [-0.2, 0) is 14.8 Å². The second-order valence-electron chi connectivity index (χ2n) is 4.87. The number of hydrogen-bond acceptors (Lipinski definition) is 3. The molecule has 118 valence electrons. The van der Waals surface area contributed by atoms with Gasteiger partial charge in [-0.25, -0.2) is 8.42 Å². The summed E-state index contributed by atoms with van der Waals surface area (Å²) in [7, 11) is -3.40. The number of anilines is 1. The van der Waals surface area contributed by atoms with Crippen molar-refractivity contribution < 1.29 is 13.2 Å². The number of nitrogens with one attached hydrogen (secondary N) is 1. The Hall–Kier alpha value is -1.08. The molecule has 0 bridgehead atoms. The van der Waals surface area contributed by atoms with Crippen molar-refractivity contribution in [1.82, 2.24) is 5.32 Å². The molecule has 0 aliphatic rings. The van der Waals surface area contributed by atoms with Gasteiger partial charge in [-0.1, -0.05) is 28.9 Å². The molecule has 0 aromatic heterocycles. The Morgan fingerprint density at radius 3 is 2.57 bits per heavy atom. The van der Waals surface area contributed by atoms with Gasteiger partial charge in [-0.15, -0.1) is 0 Å². The van der Waals surface area contributed by atoms with Crippen LogP contribution >= 0.6 is 15.9 Å². The lowest BCUT2D eigenvalue weighted by molar-refractivity contribution is -0.121. The van der Waals surface area contributed by atoms with E-state index in [1.54, 1.807) is 12.1 Å². The van der Waals surface area contributed by atoms with Gasteiger partial charge in [-0.2, -0.15) is 0 Å². The Labute approximate surface area is 134 Å². The zero-order valence-electron chi connectivity index (χ0n) is 12.5. The lowest BCUT2D eigenvalue weighted by Crippen LogP contribution is -2.38. The molecule has 0 saturated heterocycles. The zero-order chi connectivity index (χ0) is 16.0. The second kappa shape index (κ2) is 7.79. The Kier molecular flexibility index (Phi) is 6.67. The summed E-state index contributed by atoms with van der Waals surface area (Å²) >= 11 is 3.40. The number of hydrogen-bond donors (Lipinski definition) is 1. The van der Waals surface area contributed by atoms with Crippen LogP contribution in [0.2, 0.25) is 0 Å². The highest BCUT2D eigenvalue weighted by Crippen LogP contribution is 2.24. The summed E-state index contributed by atoms with van der Waals surface area (Å²) < 4.78 is 26.0. The quantitative estimate of drug-likeness (QED) is 0.794. The number of sulfonamides is 1. The Morgan fingerprint density at radius 1 is 1.38 bits per heavy atom. The number of rotatable bonds is 7. The molecule has 0 fully saturated rings. The third kappa shape index (κ3) is 5.67. The SMILES string of the molecule is CCCC(=O)NCCN(c1ccc(C)c(Br)c1)S(C)(=O)=O. The van der Waals surface area contributed by atoms with Gasteiger partial charge in [-0.05, 0) is 31.0 Å². The van der Waals surface area contributed by atoms with E-state index in [4.69, 9.17) is 0 Å². The molecule has 0 aliphatic carbocycles. The van der Waals surface area contributed by atoms with E-state index in [0.29, 0.717) is 12.1 Å². The topological polar surface area (TPSA) is 66.5 Å². The monoisotopic (exact) mass is 376 g/mol. The summed E-state index contributed by atoms with van der Waals surface area (Å²) in [5.74, 6) is -0.0592. The molecular formula is C14H21BrN2O3S. The van der Waals surface area contributed by atoms with E-state index < -0.39 is 10.0 Å². The van der Waals surface area contributed by atoms with Gasteiger partial charge >= 0.3 is 0 Å². The van der Waals surface area contributed by atoms with Gasteiger partial charge in [0.1, 0.15) is 0 Å². The highest BCUT2D eigenvalue weighted by Gasteiger charge is 2.17. The van der Waals surface area contributed by atoms with Crippen LogP contribution in [0.25, 0.3) is 0 Å². The molecule has 0 atom stereocenters. The minimum absolute atomic E-state index is 0.0592. The van der Waals surface area contributed by atoms with Crippen molar-refractivity contribution in [2.75, 3.05) is 23.7 Å². The molecule has 5 nitrogen and oxygen atoms in total. The van der Waals surface area contributed by atoms with Crippen molar-refractivity contribution in [3.05, 3.63) is 28.2 Å². The van der Waals surface area contributed by atoms with E-state index >= 15 is 0 Å². The molecule has 0 saturated carbocycles. The predicted octanol–water partition coefficient (Wildman–Crippen LogP) is 2.44. The molecule has 1 aromatic rings. The molecular weight excluding hydrogens is 356 g/mol. The lowest BCUT2D eigenvalue weighted by Gasteiger charge is -2.23. The Bertz CT molecular complexity index is 602. The Balaban J connectivity index is 2.82. The number of carbonyl (C=O) groups is 1. The maximum atomic E-state index is 11.9. The first-order chi connectivity index (χ1) is 9.75. The molecule has 21 heavy (non-hydrogen) atoms. The van der Waals surface area contributed by atoms with Gasteiger partial charge in [0.2, 0.25) is 15.9 Å². The average Bonchev–Trinajstić information content (AvgIpc) is 2.37. The van der Waals surface area contributed by atoms with Crippen molar-refractivity contribution in [2.45, 2.75) is 26.7 Å². The molecule has 0 radical (unpaired) electrons. The molecule has 0 unspecified atom stereocenters. The number of aryl methyl sites for hydroxylation is 1. The summed E-state index contributed by atoms with van der Waals surface area (Å²) in [6.45, 7) is 4.36. The van der Waals surface area contributed by atoms with E-state index in [1.165, 1.54) is 4.31 Å². The highest BCUT2D eigenvalue weighted by atomic mass is 79.9. The molecule has 0 heterocycles. The lowest BCUT2D eigenvalue weighted by atomic mass is 10.2. The predicted molar refractivity (Wildman–Crippen MR) is 89.0 cm³/mol. The van der Waals surface area contributed by atoms with Crippen LogP contribution in [0, 0.1) is 6.92 Å². The van der Waals surface area contributed by atoms with Gasteiger partial charge in [0, 0.05) is 17.4 Å². The maximum absolute atomic E-state index is 11.9. The van der Waals surface area contributed by atoms with Crippen molar-refractivity contribution in [3.8, 4) is 0 Å². The van der Waals surface area contributed by atoms with E-state index in [2.05, 4.69) is 21.2 Å². The summed E-state index contributed by atoms with van der Waals surface area (Å²) in [6, 6.07) is 5.38. The van der Waals surface area contributed by atoms with Crippen LogP contribution in [-0.4, -0.2) is 33.7 Å². The molecule has 0 aliphatic heterocycles. The molecule has 1 aromatic carbocycles. The van der Waals surface area contributed by atoms with Crippen molar-refractivity contribution >= 4 is 37.5 Å². The standard InChI is InChI=1S/C14H21BrN2O3S/c1-4-5-14(18)16-8-9-17(21(3,19)20)12-7-6-11(2)13(15)10-12/h6-7,10H,4-5,8-9H2,1-3H3,(H,16,18). The van der Waals surface area contributed by atoms with Gasteiger partial charge in [0.15, 0.2) is 0 Å². The molecule has 1 N–H and O–H groups in total. The van der Waals surface area contributed by atoms with E-state index in [1.807, 2.05) is 19.9 Å². The molecule has 1 amide bonds. The first-order valence-corrected chi connectivity index (χ1v) is 9.40. The van der Waals surface area contributed by atoms with Crippen LogP contribution in [0.15, 0.2) is 22.7 Å². The van der Waals surface area contributed by atoms with Crippen LogP contribution in [0.3, 0.4) is 0 Å². The highest BCUT2D eigenvalue weighted by molar-refractivity contribution is 9.10. The molecule has 1 rings (SSSR count). The van der Waals surface area contributed by atoms with Crippen molar-refractivity contribution in [1.29, 1.82) is 0 Å². The number of amides is 1. The third-order valence-electron chi connectivity index (χ3n) is 2.96. The number of nitrogens with zero attached hydrogens (tertiary/aromatic N) is 1. The smallest absolute Gasteiger partial charge is 0.232 e.